The van der Waals surface area contributed by atoms with E-state index >= 15 is 0 Å². The van der Waals surface area contributed by atoms with E-state index in [1.54, 1.807) is 55.0 Å². The quantitative estimate of drug-likeness (QED) is 0.665. The van der Waals surface area contributed by atoms with Crippen LogP contribution in [0.25, 0.3) is 0 Å². The molecule has 1 saturated heterocycles. The molecule has 0 unspecified atom stereocenters. The molecule has 1 aromatic carbocycles. The summed E-state index contributed by atoms with van der Waals surface area (Å²) in [6.45, 7) is 3.33. The van der Waals surface area contributed by atoms with Crippen LogP contribution in [0.5, 0.6) is 11.5 Å². The second-order valence-corrected chi connectivity index (χ2v) is 6.44. The summed E-state index contributed by atoms with van der Waals surface area (Å²) in [7, 11) is 0. The van der Waals surface area contributed by atoms with Crippen molar-refractivity contribution in [3.8, 4) is 11.5 Å². The summed E-state index contributed by atoms with van der Waals surface area (Å²) >= 11 is 0. The van der Waals surface area contributed by atoms with Crippen molar-refractivity contribution in [1.29, 1.82) is 0 Å². The molecule has 1 aliphatic rings. The Kier molecular flexibility index (Phi) is 7.32. The number of aromatic hydroxyl groups is 1. The van der Waals surface area contributed by atoms with E-state index in [1.165, 1.54) is 6.20 Å². The molecule has 0 atom stereocenters. The SMILES string of the molecule is O=C(c1cccnc1)N1CCN(c2ccc(O)cc2)CC1.O=COc1cccnc1. The number of aromatic nitrogens is 2. The van der Waals surface area contributed by atoms with Crippen LogP contribution in [0.3, 0.4) is 0 Å². The lowest BCUT2D eigenvalue weighted by molar-refractivity contribution is -0.120. The second kappa shape index (κ2) is 10.6. The average molecular weight is 406 g/mol. The number of phenols is 1. The number of carbonyl (C=O) groups is 2. The van der Waals surface area contributed by atoms with Gasteiger partial charge in [-0.15, -0.1) is 0 Å². The Balaban J connectivity index is 0.000000239. The Bertz CT molecular complexity index is 928. The highest BCUT2D eigenvalue weighted by molar-refractivity contribution is 5.94. The first-order valence-corrected chi connectivity index (χ1v) is 9.41. The Labute approximate surface area is 174 Å². The van der Waals surface area contributed by atoms with Gasteiger partial charge in [-0.3, -0.25) is 19.6 Å². The number of ether oxygens (including phenoxy) is 1. The number of rotatable bonds is 4. The van der Waals surface area contributed by atoms with Crippen molar-refractivity contribution in [1.82, 2.24) is 14.9 Å². The molecule has 2 aromatic heterocycles. The lowest BCUT2D eigenvalue weighted by Crippen LogP contribution is -2.48. The van der Waals surface area contributed by atoms with Gasteiger partial charge < -0.3 is 19.6 Å². The van der Waals surface area contributed by atoms with Gasteiger partial charge >= 0.3 is 0 Å². The first-order chi connectivity index (χ1) is 14.7. The molecule has 30 heavy (non-hydrogen) atoms. The zero-order valence-corrected chi connectivity index (χ0v) is 16.3. The molecule has 4 rings (SSSR count). The third-order valence-corrected chi connectivity index (χ3v) is 4.51. The van der Waals surface area contributed by atoms with Crippen LogP contribution in [0.1, 0.15) is 10.4 Å². The molecular weight excluding hydrogens is 384 g/mol. The first kappa shape index (κ1) is 20.8. The number of amides is 1. The van der Waals surface area contributed by atoms with Crippen molar-refractivity contribution in [2.24, 2.45) is 0 Å². The van der Waals surface area contributed by atoms with Gasteiger partial charge in [0.05, 0.1) is 11.8 Å². The van der Waals surface area contributed by atoms with E-state index in [-0.39, 0.29) is 11.7 Å². The number of pyridine rings is 2. The molecule has 1 N–H and O–H groups in total. The van der Waals surface area contributed by atoms with Crippen molar-refractivity contribution in [3.05, 3.63) is 78.9 Å². The van der Waals surface area contributed by atoms with Crippen LogP contribution >= 0.6 is 0 Å². The molecule has 0 spiro atoms. The molecule has 8 nitrogen and oxygen atoms in total. The Morgan fingerprint density at radius 3 is 2.17 bits per heavy atom. The highest BCUT2D eigenvalue weighted by Crippen LogP contribution is 2.20. The van der Waals surface area contributed by atoms with E-state index in [4.69, 9.17) is 0 Å². The first-order valence-electron chi connectivity index (χ1n) is 9.41. The summed E-state index contributed by atoms with van der Waals surface area (Å²) in [5.41, 5.74) is 1.71. The minimum atomic E-state index is 0.0356. The van der Waals surface area contributed by atoms with Crippen molar-refractivity contribution in [2.45, 2.75) is 0 Å². The third-order valence-electron chi connectivity index (χ3n) is 4.51. The van der Waals surface area contributed by atoms with Gasteiger partial charge in [0, 0.05) is 50.5 Å². The van der Waals surface area contributed by atoms with Gasteiger partial charge in [-0.05, 0) is 48.5 Å². The minimum absolute atomic E-state index is 0.0356. The van der Waals surface area contributed by atoms with E-state index in [0.717, 1.165) is 18.8 Å². The molecule has 1 amide bonds. The molecule has 0 saturated carbocycles. The molecule has 0 bridgehead atoms. The predicted molar refractivity (Wildman–Crippen MR) is 111 cm³/mol. The van der Waals surface area contributed by atoms with Crippen molar-refractivity contribution in [3.63, 3.8) is 0 Å². The summed E-state index contributed by atoms with van der Waals surface area (Å²) < 4.78 is 4.46. The molecule has 3 aromatic rings. The van der Waals surface area contributed by atoms with Crippen molar-refractivity contribution in [2.75, 3.05) is 31.1 Å². The molecule has 1 aliphatic heterocycles. The molecule has 1 fully saturated rings. The third kappa shape index (κ3) is 5.78. The predicted octanol–water partition coefficient (Wildman–Crippen LogP) is 2.37. The lowest BCUT2D eigenvalue weighted by atomic mass is 10.2. The van der Waals surface area contributed by atoms with Gasteiger partial charge in [0.25, 0.3) is 12.4 Å². The Morgan fingerprint density at radius 1 is 0.933 bits per heavy atom. The Hall–Kier alpha value is -3.94. The molecule has 0 aliphatic carbocycles. The summed E-state index contributed by atoms with van der Waals surface area (Å²) in [6.07, 6.45) is 6.35. The van der Waals surface area contributed by atoms with Crippen LogP contribution in [0.4, 0.5) is 5.69 Å². The zero-order chi connectivity index (χ0) is 21.2. The van der Waals surface area contributed by atoms with Crippen LogP contribution in [-0.2, 0) is 4.79 Å². The Morgan fingerprint density at radius 2 is 1.60 bits per heavy atom. The van der Waals surface area contributed by atoms with Gasteiger partial charge in [-0.25, -0.2) is 0 Å². The number of benzene rings is 1. The maximum absolute atomic E-state index is 12.3. The fourth-order valence-corrected chi connectivity index (χ4v) is 2.98. The zero-order valence-electron chi connectivity index (χ0n) is 16.3. The van der Waals surface area contributed by atoms with E-state index in [1.807, 2.05) is 17.0 Å². The average Bonchev–Trinajstić information content (AvgIpc) is 2.81. The summed E-state index contributed by atoms with van der Waals surface area (Å²) in [5, 5.41) is 9.32. The van der Waals surface area contributed by atoms with Gasteiger partial charge in [0.15, 0.2) is 0 Å². The second-order valence-electron chi connectivity index (χ2n) is 6.44. The highest BCUT2D eigenvalue weighted by Gasteiger charge is 2.22. The van der Waals surface area contributed by atoms with Crippen LogP contribution in [0, 0.1) is 0 Å². The van der Waals surface area contributed by atoms with Crippen LogP contribution in [0.15, 0.2) is 73.3 Å². The van der Waals surface area contributed by atoms with E-state index < -0.39 is 0 Å². The monoisotopic (exact) mass is 406 g/mol. The number of hydrogen-bond acceptors (Lipinski definition) is 7. The molecule has 8 heteroatoms. The van der Waals surface area contributed by atoms with Crippen LogP contribution in [-0.4, -0.2) is 58.5 Å². The molecule has 0 radical (unpaired) electrons. The van der Waals surface area contributed by atoms with Gasteiger partial charge in [-0.1, -0.05) is 0 Å². The number of nitrogens with zero attached hydrogens (tertiary/aromatic N) is 4. The number of hydrogen-bond donors (Lipinski definition) is 1. The summed E-state index contributed by atoms with van der Waals surface area (Å²) in [5.74, 6) is 0.769. The molecular formula is C22H22N4O4. The normalized spacial score (nSPS) is 13.1. The molecule has 3 heterocycles. The fourth-order valence-electron chi connectivity index (χ4n) is 2.98. The maximum Gasteiger partial charge on any atom is 0.298 e. The number of phenolic OH excluding ortho intramolecular Hbond substituents is 1. The van der Waals surface area contributed by atoms with E-state index in [9.17, 15) is 14.7 Å². The highest BCUT2D eigenvalue weighted by atomic mass is 16.5. The van der Waals surface area contributed by atoms with E-state index in [0.29, 0.717) is 30.9 Å². The lowest BCUT2D eigenvalue weighted by Gasteiger charge is -2.36. The maximum atomic E-state index is 12.3. The molecule has 154 valence electrons. The van der Waals surface area contributed by atoms with Crippen LogP contribution < -0.4 is 9.64 Å². The number of piperazine rings is 1. The topological polar surface area (TPSA) is 95.9 Å². The van der Waals surface area contributed by atoms with Crippen molar-refractivity contribution >= 4 is 18.1 Å². The number of anilines is 1. The summed E-state index contributed by atoms with van der Waals surface area (Å²) in [6, 6.07) is 14.1. The van der Waals surface area contributed by atoms with Gasteiger partial charge in [0.1, 0.15) is 11.5 Å². The largest absolute Gasteiger partial charge is 0.508 e. The standard InChI is InChI=1S/C16H17N3O2.C6H5NO2/c20-15-5-3-14(4-6-15)18-8-10-19(11-9-18)16(21)13-2-1-7-17-12-13;8-5-9-6-2-1-3-7-4-6/h1-7,12,20H,8-11H2;1-5H. The van der Waals surface area contributed by atoms with Crippen molar-refractivity contribution < 1.29 is 19.4 Å². The minimum Gasteiger partial charge on any atom is -0.508 e. The smallest absolute Gasteiger partial charge is 0.298 e. The van der Waals surface area contributed by atoms with Gasteiger partial charge in [0.2, 0.25) is 0 Å². The number of carbonyl (C=O) groups excluding carboxylic acids is 2. The van der Waals surface area contributed by atoms with Crippen LogP contribution in [0.2, 0.25) is 0 Å². The van der Waals surface area contributed by atoms with E-state index in [2.05, 4.69) is 19.6 Å². The summed E-state index contributed by atoms with van der Waals surface area (Å²) in [4.78, 5) is 33.8. The van der Waals surface area contributed by atoms with Gasteiger partial charge in [-0.2, -0.15) is 0 Å². The fraction of sp³-hybridized carbons (Fsp3) is 0.182.